The minimum absolute atomic E-state index is 0.236. The lowest BCUT2D eigenvalue weighted by atomic mass is 9.98. The van der Waals surface area contributed by atoms with Crippen molar-refractivity contribution >= 4 is 11.8 Å². The van der Waals surface area contributed by atoms with Crippen LogP contribution in [-0.4, -0.2) is 11.3 Å². The van der Waals surface area contributed by atoms with Crippen molar-refractivity contribution in [1.82, 2.24) is 5.32 Å². The number of nitrogens with one attached hydrogen (secondary N) is 1. The van der Waals surface area contributed by atoms with Crippen LogP contribution in [0.2, 0.25) is 0 Å². The third-order valence-electron chi connectivity index (χ3n) is 2.85. The van der Waals surface area contributed by atoms with Crippen molar-refractivity contribution in [3.05, 3.63) is 29.8 Å². The van der Waals surface area contributed by atoms with E-state index in [1.54, 1.807) is 0 Å². The number of benzene rings is 1. The summed E-state index contributed by atoms with van der Waals surface area (Å²) in [5.41, 5.74) is 1.15. The van der Waals surface area contributed by atoms with E-state index in [1.165, 1.54) is 10.5 Å². The molecule has 0 fully saturated rings. The summed E-state index contributed by atoms with van der Waals surface area (Å²) in [6.07, 6.45) is 6.67. The van der Waals surface area contributed by atoms with Crippen LogP contribution in [0.1, 0.15) is 31.9 Å². The van der Waals surface area contributed by atoms with E-state index in [1.807, 2.05) is 11.8 Å². The van der Waals surface area contributed by atoms with E-state index in [0.29, 0.717) is 6.04 Å². The maximum absolute atomic E-state index is 5.53. The van der Waals surface area contributed by atoms with E-state index < -0.39 is 0 Å². The van der Waals surface area contributed by atoms with E-state index in [9.17, 15) is 0 Å². The first-order valence-electron chi connectivity index (χ1n) is 5.59. The van der Waals surface area contributed by atoms with Gasteiger partial charge < -0.3 is 0 Å². The van der Waals surface area contributed by atoms with Gasteiger partial charge in [-0.2, -0.15) is 0 Å². The second kappa shape index (κ2) is 4.53. The Morgan fingerprint density at radius 2 is 2.19 bits per heavy atom. The summed E-state index contributed by atoms with van der Waals surface area (Å²) in [7, 11) is 0. The zero-order chi connectivity index (χ0) is 11.6. The molecule has 84 valence electrons. The molecule has 0 amide bonds. The van der Waals surface area contributed by atoms with Gasteiger partial charge in [0.1, 0.15) is 0 Å². The van der Waals surface area contributed by atoms with Gasteiger partial charge in [-0.15, -0.1) is 18.2 Å². The van der Waals surface area contributed by atoms with Crippen molar-refractivity contribution in [2.75, 3.05) is 5.75 Å². The zero-order valence-electron chi connectivity index (χ0n) is 9.79. The van der Waals surface area contributed by atoms with Crippen molar-refractivity contribution in [3.8, 4) is 12.3 Å². The number of rotatable bonds is 2. The molecule has 1 unspecified atom stereocenters. The molecule has 1 N–H and O–H groups in total. The molecular weight excluding hydrogens is 214 g/mol. The minimum Gasteiger partial charge on any atom is -0.295 e. The van der Waals surface area contributed by atoms with Gasteiger partial charge in [0.25, 0.3) is 0 Å². The van der Waals surface area contributed by atoms with Crippen LogP contribution in [-0.2, 0) is 0 Å². The first-order valence-corrected chi connectivity index (χ1v) is 6.58. The van der Waals surface area contributed by atoms with Crippen molar-refractivity contribution < 1.29 is 0 Å². The Labute approximate surface area is 102 Å². The van der Waals surface area contributed by atoms with Crippen LogP contribution >= 0.6 is 11.8 Å². The van der Waals surface area contributed by atoms with Crippen LogP contribution in [0.15, 0.2) is 29.2 Å². The Balaban J connectivity index is 2.23. The van der Waals surface area contributed by atoms with Gasteiger partial charge in [0, 0.05) is 10.9 Å². The van der Waals surface area contributed by atoms with Crippen LogP contribution in [0.4, 0.5) is 0 Å². The minimum atomic E-state index is -0.236. The fourth-order valence-electron chi connectivity index (χ4n) is 1.97. The predicted octanol–water partition coefficient (Wildman–Crippen LogP) is 3.22. The molecule has 1 aliphatic rings. The van der Waals surface area contributed by atoms with E-state index in [2.05, 4.69) is 49.4 Å². The number of terminal acetylenes is 1. The molecule has 1 atom stereocenters. The molecule has 1 aliphatic heterocycles. The highest BCUT2D eigenvalue weighted by Crippen LogP contribution is 2.36. The molecule has 1 nitrogen and oxygen atoms in total. The summed E-state index contributed by atoms with van der Waals surface area (Å²) in [6.45, 7) is 4.11. The first kappa shape index (κ1) is 11.6. The van der Waals surface area contributed by atoms with E-state index in [-0.39, 0.29) is 5.54 Å². The number of fused-ring (bicyclic) bond motifs is 1. The summed E-state index contributed by atoms with van der Waals surface area (Å²) < 4.78 is 0. The highest BCUT2D eigenvalue weighted by Gasteiger charge is 2.25. The van der Waals surface area contributed by atoms with Gasteiger partial charge >= 0.3 is 0 Å². The van der Waals surface area contributed by atoms with E-state index in [4.69, 9.17) is 6.42 Å². The average molecular weight is 231 g/mol. The van der Waals surface area contributed by atoms with E-state index in [0.717, 1.165) is 12.2 Å². The average Bonchev–Trinajstić information content (AvgIpc) is 2.29. The Kier molecular flexibility index (Phi) is 3.28. The topological polar surface area (TPSA) is 12.0 Å². The van der Waals surface area contributed by atoms with Gasteiger partial charge in [0.15, 0.2) is 0 Å². The second-order valence-corrected chi connectivity index (χ2v) is 5.78. The third kappa shape index (κ3) is 2.42. The van der Waals surface area contributed by atoms with Crippen LogP contribution in [0.25, 0.3) is 0 Å². The summed E-state index contributed by atoms with van der Waals surface area (Å²) in [5, 5.41) is 3.55. The van der Waals surface area contributed by atoms with Gasteiger partial charge in [-0.1, -0.05) is 24.1 Å². The summed E-state index contributed by atoms with van der Waals surface area (Å²) >= 11 is 1.93. The van der Waals surface area contributed by atoms with Gasteiger partial charge in [0.2, 0.25) is 0 Å². The van der Waals surface area contributed by atoms with Crippen molar-refractivity contribution in [1.29, 1.82) is 0 Å². The third-order valence-corrected chi connectivity index (χ3v) is 3.98. The fraction of sp³-hybridized carbons (Fsp3) is 0.429. The van der Waals surface area contributed by atoms with Crippen LogP contribution < -0.4 is 5.32 Å². The molecule has 0 saturated carbocycles. The lowest BCUT2D eigenvalue weighted by Gasteiger charge is -2.31. The molecule has 1 aromatic carbocycles. The molecule has 1 aromatic rings. The first-order chi connectivity index (χ1) is 7.62. The van der Waals surface area contributed by atoms with Gasteiger partial charge in [-0.05, 0) is 37.7 Å². The monoisotopic (exact) mass is 231 g/mol. The maximum atomic E-state index is 5.53. The lowest BCUT2D eigenvalue weighted by Crippen LogP contribution is -2.41. The highest BCUT2D eigenvalue weighted by molar-refractivity contribution is 7.99. The Morgan fingerprint density at radius 1 is 1.44 bits per heavy atom. The Hall–Kier alpha value is -0.910. The molecule has 0 radical (unpaired) electrons. The normalized spacial score (nSPS) is 19.9. The van der Waals surface area contributed by atoms with Gasteiger partial charge in [0.05, 0.1) is 5.54 Å². The fourth-order valence-corrected chi connectivity index (χ4v) is 3.09. The molecule has 0 aromatic heterocycles. The number of hydrogen-bond donors (Lipinski definition) is 1. The SMILES string of the molecule is C#CC(C)(C)NC1CCSc2ccccc21. The standard InChI is InChI=1S/C14H17NS/c1-4-14(2,3)15-12-9-10-16-13-8-6-5-7-11(12)13/h1,5-8,12,15H,9-10H2,2-3H3. The summed E-state index contributed by atoms with van der Waals surface area (Å²) in [5.74, 6) is 3.96. The molecule has 16 heavy (non-hydrogen) atoms. The number of hydrogen-bond acceptors (Lipinski definition) is 2. The van der Waals surface area contributed by atoms with E-state index >= 15 is 0 Å². The second-order valence-electron chi connectivity index (χ2n) is 4.64. The number of thioether (sulfide) groups is 1. The van der Waals surface area contributed by atoms with Crippen LogP contribution in [0.5, 0.6) is 0 Å². The molecular formula is C14H17NS. The zero-order valence-corrected chi connectivity index (χ0v) is 10.6. The Bertz CT molecular complexity index is 417. The highest BCUT2D eigenvalue weighted by atomic mass is 32.2. The largest absolute Gasteiger partial charge is 0.295 e. The molecule has 1 heterocycles. The van der Waals surface area contributed by atoms with Crippen molar-refractivity contribution in [3.63, 3.8) is 0 Å². The van der Waals surface area contributed by atoms with Crippen LogP contribution in [0, 0.1) is 12.3 Å². The Morgan fingerprint density at radius 3 is 2.94 bits per heavy atom. The molecule has 2 heteroatoms. The summed E-state index contributed by atoms with van der Waals surface area (Å²) in [6, 6.07) is 8.98. The molecule has 0 bridgehead atoms. The lowest BCUT2D eigenvalue weighted by molar-refractivity contribution is 0.399. The molecule has 0 spiro atoms. The molecule has 0 aliphatic carbocycles. The van der Waals surface area contributed by atoms with Gasteiger partial charge in [-0.3, -0.25) is 5.32 Å². The molecule has 2 rings (SSSR count). The predicted molar refractivity (Wildman–Crippen MR) is 70.6 cm³/mol. The van der Waals surface area contributed by atoms with Gasteiger partial charge in [-0.25, -0.2) is 0 Å². The smallest absolute Gasteiger partial charge is 0.0746 e. The summed E-state index contributed by atoms with van der Waals surface area (Å²) in [4.78, 5) is 1.39. The quantitative estimate of drug-likeness (QED) is 0.784. The molecule has 0 saturated heterocycles. The van der Waals surface area contributed by atoms with Crippen molar-refractivity contribution in [2.45, 2.75) is 36.7 Å². The van der Waals surface area contributed by atoms with Crippen LogP contribution in [0.3, 0.4) is 0 Å². The van der Waals surface area contributed by atoms with Crippen molar-refractivity contribution in [2.24, 2.45) is 0 Å². The maximum Gasteiger partial charge on any atom is 0.0746 e.